The summed E-state index contributed by atoms with van der Waals surface area (Å²) in [6, 6.07) is 12.5. The average Bonchev–Trinajstić information content (AvgIpc) is 3.33. The van der Waals surface area contributed by atoms with E-state index >= 15 is 0 Å². The largest absolute Gasteiger partial charge is 0.352 e. The molecular formula is C22H23FN4O3S. The molecule has 0 saturated carbocycles. The number of benzene rings is 2. The maximum Gasteiger partial charge on any atom is 0.243 e. The van der Waals surface area contributed by atoms with Gasteiger partial charge in [0.15, 0.2) is 0 Å². The summed E-state index contributed by atoms with van der Waals surface area (Å²) in [4.78, 5) is 16.7. The second kappa shape index (κ2) is 8.99. The van der Waals surface area contributed by atoms with Crippen LogP contribution in [-0.2, 0) is 21.4 Å². The van der Waals surface area contributed by atoms with Crippen LogP contribution in [0.5, 0.6) is 0 Å². The van der Waals surface area contributed by atoms with Gasteiger partial charge in [-0.25, -0.2) is 17.8 Å². The van der Waals surface area contributed by atoms with Gasteiger partial charge in [-0.15, -0.1) is 0 Å². The zero-order chi connectivity index (χ0) is 21.8. The van der Waals surface area contributed by atoms with Crippen LogP contribution >= 0.6 is 0 Å². The molecule has 1 amide bonds. The smallest absolute Gasteiger partial charge is 0.243 e. The summed E-state index contributed by atoms with van der Waals surface area (Å²) in [7, 11) is -3.76. The Morgan fingerprint density at radius 1 is 1.13 bits per heavy atom. The molecule has 2 aromatic carbocycles. The normalized spacial score (nSPS) is 17.4. The molecule has 0 spiro atoms. The van der Waals surface area contributed by atoms with Gasteiger partial charge in [-0.1, -0.05) is 12.1 Å². The number of nitrogens with zero attached hydrogens (tertiary/aromatic N) is 3. The van der Waals surface area contributed by atoms with E-state index in [0.29, 0.717) is 25.9 Å². The van der Waals surface area contributed by atoms with Crippen molar-refractivity contribution in [2.45, 2.75) is 24.3 Å². The highest BCUT2D eigenvalue weighted by molar-refractivity contribution is 7.89. The van der Waals surface area contributed by atoms with Gasteiger partial charge in [0.25, 0.3) is 0 Å². The Hall–Kier alpha value is -3.04. The molecule has 0 aliphatic carbocycles. The molecule has 162 valence electrons. The summed E-state index contributed by atoms with van der Waals surface area (Å²) in [5.41, 5.74) is 1.92. The van der Waals surface area contributed by atoms with E-state index in [1.54, 1.807) is 12.5 Å². The first-order valence-corrected chi connectivity index (χ1v) is 11.5. The van der Waals surface area contributed by atoms with Crippen LogP contribution in [0.25, 0.3) is 5.69 Å². The van der Waals surface area contributed by atoms with Crippen LogP contribution in [0.15, 0.2) is 72.1 Å². The van der Waals surface area contributed by atoms with Crippen LogP contribution in [0.4, 0.5) is 4.39 Å². The lowest BCUT2D eigenvalue weighted by molar-refractivity contribution is -0.126. The van der Waals surface area contributed by atoms with E-state index in [0.717, 1.165) is 23.4 Å². The van der Waals surface area contributed by atoms with Gasteiger partial charge in [-0.05, 0) is 54.8 Å². The molecule has 1 aliphatic heterocycles. The van der Waals surface area contributed by atoms with Crippen molar-refractivity contribution in [3.05, 3.63) is 78.6 Å². The van der Waals surface area contributed by atoms with Crippen molar-refractivity contribution in [2.24, 2.45) is 5.92 Å². The van der Waals surface area contributed by atoms with Crippen LogP contribution in [0.1, 0.15) is 18.4 Å². The predicted octanol–water partition coefficient (Wildman–Crippen LogP) is 2.73. The highest BCUT2D eigenvalue weighted by Crippen LogP contribution is 2.24. The van der Waals surface area contributed by atoms with E-state index in [1.165, 1.54) is 16.4 Å². The number of piperidine rings is 1. The van der Waals surface area contributed by atoms with Crippen molar-refractivity contribution in [3.8, 4) is 5.69 Å². The molecule has 1 fully saturated rings. The first-order chi connectivity index (χ1) is 14.9. The van der Waals surface area contributed by atoms with Crippen molar-refractivity contribution in [2.75, 3.05) is 13.1 Å². The molecule has 2 heterocycles. The van der Waals surface area contributed by atoms with E-state index in [1.807, 2.05) is 35.0 Å². The molecule has 1 aromatic heterocycles. The third kappa shape index (κ3) is 4.83. The Kier molecular flexibility index (Phi) is 6.15. The van der Waals surface area contributed by atoms with E-state index in [-0.39, 0.29) is 17.3 Å². The van der Waals surface area contributed by atoms with Gasteiger partial charge < -0.3 is 9.88 Å². The SMILES string of the molecule is O=C(NCc1ccc(-n2ccnc2)cc1)[C@H]1CCCN(S(=O)(=O)c2ccc(F)cc2)C1. The van der Waals surface area contributed by atoms with Gasteiger partial charge >= 0.3 is 0 Å². The van der Waals surface area contributed by atoms with E-state index in [9.17, 15) is 17.6 Å². The highest BCUT2D eigenvalue weighted by atomic mass is 32.2. The third-order valence-corrected chi connectivity index (χ3v) is 7.29. The van der Waals surface area contributed by atoms with E-state index < -0.39 is 21.8 Å². The van der Waals surface area contributed by atoms with Crippen LogP contribution < -0.4 is 5.32 Å². The number of hydrogen-bond donors (Lipinski definition) is 1. The molecule has 0 unspecified atom stereocenters. The number of amides is 1. The van der Waals surface area contributed by atoms with Gasteiger partial charge in [0.2, 0.25) is 15.9 Å². The van der Waals surface area contributed by atoms with Crippen molar-refractivity contribution < 1.29 is 17.6 Å². The van der Waals surface area contributed by atoms with Crippen molar-refractivity contribution in [3.63, 3.8) is 0 Å². The second-order valence-electron chi connectivity index (χ2n) is 7.51. The molecule has 31 heavy (non-hydrogen) atoms. The maximum absolute atomic E-state index is 13.1. The monoisotopic (exact) mass is 442 g/mol. The van der Waals surface area contributed by atoms with E-state index in [2.05, 4.69) is 10.3 Å². The Bertz CT molecular complexity index is 1130. The van der Waals surface area contributed by atoms with Crippen LogP contribution in [0.2, 0.25) is 0 Å². The molecular weight excluding hydrogens is 419 g/mol. The third-order valence-electron chi connectivity index (χ3n) is 5.41. The minimum atomic E-state index is -3.76. The molecule has 4 rings (SSSR count). The predicted molar refractivity (Wildman–Crippen MR) is 113 cm³/mol. The molecule has 0 radical (unpaired) electrons. The van der Waals surface area contributed by atoms with Crippen molar-refractivity contribution >= 4 is 15.9 Å². The Morgan fingerprint density at radius 3 is 2.55 bits per heavy atom. The minimum absolute atomic E-state index is 0.0351. The number of carbonyl (C=O) groups is 1. The Labute approximate surface area is 180 Å². The fraction of sp³-hybridized carbons (Fsp3) is 0.273. The summed E-state index contributed by atoms with van der Waals surface area (Å²) in [6.07, 6.45) is 6.49. The lowest BCUT2D eigenvalue weighted by Crippen LogP contribution is -2.45. The zero-order valence-electron chi connectivity index (χ0n) is 16.8. The number of imidazole rings is 1. The zero-order valence-corrected chi connectivity index (χ0v) is 17.6. The molecule has 7 nitrogen and oxygen atoms in total. The molecule has 0 bridgehead atoms. The number of rotatable bonds is 6. The molecule has 1 aliphatic rings. The summed E-state index contributed by atoms with van der Waals surface area (Å²) in [5, 5.41) is 2.91. The minimum Gasteiger partial charge on any atom is -0.352 e. The summed E-state index contributed by atoms with van der Waals surface area (Å²) in [5.74, 6) is -1.08. The van der Waals surface area contributed by atoms with E-state index in [4.69, 9.17) is 0 Å². The second-order valence-corrected chi connectivity index (χ2v) is 9.45. The molecule has 1 N–H and O–H groups in total. The van der Waals surface area contributed by atoms with Crippen molar-refractivity contribution in [1.29, 1.82) is 0 Å². The Balaban J connectivity index is 1.36. The van der Waals surface area contributed by atoms with Gasteiger partial charge in [-0.2, -0.15) is 4.31 Å². The standard InChI is InChI=1S/C22H23FN4O3S/c23-19-5-9-21(10-6-19)31(29,30)27-12-1-2-18(15-27)22(28)25-14-17-3-7-20(8-4-17)26-13-11-24-16-26/h3-11,13,16,18H,1-2,12,14-15H2,(H,25,28)/t18-/m0/s1. The van der Waals surface area contributed by atoms with Crippen LogP contribution in [0, 0.1) is 11.7 Å². The molecule has 9 heteroatoms. The van der Waals surface area contributed by atoms with Crippen molar-refractivity contribution in [1.82, 2.24) is 19.2 Å². The number of sulfonamides is 1. The number of halogens is 1. The Morgan fingerprint density at radius 2 is 1.87 bits per heavy atom. The maximum atomic E-state index is 13.1. The molecule has 1 saturated heterocycles. The number of hydrogen-bond acceptors (Lipinski definition) is 4. The highest BCUT2D eigenvalue weighted by Gasteiger charge is 2.33. The summed E-state index contributed by atoms with van der Waals surface area (Å²) >= 11 is 0. The van der Waals surface area contributed by atoms with Crippen LogP contribution in [-0.4, -0.2) is 41.3 Å². The summed E-state index contributed by atoms with van der Waals surface area (Å²) < 4.78 is 42.0. The van der Waals surface area contributed by atoms with Gasteiger partial charge in [0, 0.05) is 37.7 Å². The topological polar surface area (TPSA) is 84.3 Å². The van der Waals surface area contributed by atoms with Crippen LogP contribution in [0.3, 0.4) is 0 Å². The van der Waals surface area contributed by atoms with Gasteiger partial charge in [-0.3, -0.25) is 4.79 Å². The fourth-order valence-electron chi connectivity index (χ4n) is 3.66. The quantitative estimate of drug-likeness (QED) is 0.636. The average molecular weight is 443 g/mol. The number of aromatic nitrogens is 2. The summed E-state index contributed by atoms with van der Waals surface area (Å²) in [6.45, 7) is 0.828. The fourth-order valence-corrected chi connectivity index (χ4v) is 5.19. The van der Waals surface area contributed by atoms with Gasteiger partial charge in [0.05, 0.1) is 17.1 Å². The number of carbonyl (C=O) groups excluding carboxylic acids is 1. The molecule has 3 aromatic rings. The number of nitrogens with one attached hydrogen (secondary N) is 1. The lowest BCUT2D eigenvalue weighted by atomic mass is 9.99. The first-order valence-electron chi connectivity index (χ1n) is 10.0. The first kappa shape index (κ1) is 21.2. The molecule has 1 atom stereocenters. The van der Waals surface area contributed by atoms with Gasteiger partial charge in [0.1, 0.15) is 5.82 Å². The lowest BCUT2D eigenvalue weighted by Gasteiger charge is -2.31.